The predicted octanol–water partition coefficient (Wildman–Crippen LogP) is 4.68. The van der Waals surface area contributed by atoms with E-state index in [4.69, 9.17) is 5.73 Å². The van der Waals surface area contributed by atoms with E-state index in [9.17, 15) is 0 Å². The van der Waals surface area contributed by atoms with Crippen molar-refractivity contribution in [3.05, 3.63) is 48.5 Å². The summed E-state index contributed by atoms with van der Waals surface area (Å²) in [5, 5.41) is 3.65. The molecule has 2 nitrogen and oxygen atoms in total. The Bertz CT molecular complexity index is 537. The molecule has 0 aromatic heterocycles. The second-order valence-electron chi connectivity index (χ2n) is 5.68. The van der Waals surface area contributed by atoms with E-state index in [-0.39, 0.29) is 0 Å². The molecule has 0 unspecified atom stereocenters. The van der Waals surface area contributed by atoms with Crippen molar-refractivity contribution in [2.75, 3.05) is 11.1 Å². The number of anilines is 2. The smallest absolute Gasteiger partial charge is 0.0342 e. The fraction of sp³-hybridized carbons (Fsp3) is 0.333. The Balaban J connectivity index is 1.69. The summed E-state index contributed by atoms with van der Waals surface area (Å²) in [5.41, 5.74) is 10.2. The lowest BCUT2D eigenvalue weighted by Gasteiger charge is -2.23. The SMILES string of the molecule is Nc1ccc(-c2ccc(NC3CCCCC3)cc2)cc1. The molecule has 104 valence electrons. The van der Waals surface area contributed by atoms with Gasteiger partial charge in [0.1, 0.15) is 0 Å². The molecule has 0 aliphatic heterocycles. The molecule has 20 heavy (non-hydrogen) atoms. The van der Waals surface area contributed by atoms with Gasteiger partial charge in [-0.3, -0.25) is 0 Å². The van der Waals surface area contributed by atoms with Gasteiger partial charge in [-0.25, -0.2) is 0 Å². The topological polar surface area (TPSA) is 38.0 Å². The lowest BCUT2D eigenvalue weighted by Crippen LogP contribution is -2.22. The molecular weight excluding hydrogens is 244 g/mol. The minimum Gasteiger partial charge on any atom is -0.399 e. The molecule has 0 bridgehead atoms. The molecule has 0 amide bonds. The predicted molar refractivity (Wildman–Crippen MR) is 86.8 cm³/mol. The van der Waals surface area contributed by atoms with Crippen LogP contribution in [0.15, 0.2) is 48.5 Å². The van der Waals surface area contributed by atoms with Crippen molar-refractivity contribution >= 4 is 11.4 Å². The maximum absolute atomic E-state index is 5.72. The Labute approximate surface area is 121 Å². The molecule has 1 aliphatic carbocycles. The Kier molecular flexibility index (Phi) is 3.91. The fourth-order valence-electron chi connectivity index (χ4n) is 2.92. The van der Waals surface area contributed by atoms with E-state index in [0.717, 1.165) is 5.69 Å². The summed E-state index contributed by atoms with van der Waals surface area (Å²) < 4.78 is 0. The number of nitrogens with two attached hydrogens (primary N) is 1. The van der Waals surface area contributed by atoms with Crippen LogP contribution in [0.1, 0.15) is 32.1 Å². The molecule has 0 atom stereocenters. The van der Waals surface area contributed by atoms with Crippen molar-refractivity contribution in [2.45, 2.75) is 38.1 Å². The van der Waals surface area contributed by atoms with Gasteiger partial charge < -0.3 is 11.1 Å². The van der Waals surface area contributed by atoms with Crippen LogP contribution < -0.4 is 11.1 Å². The normalized spacial score (nSPS) is 16.0. The average Bonchev–Trinajstić information content (AvgIpc) is 2.50. The summed E-state index contributed by atoms with van der Waals surface area (Å²) in [6, 6.07) is 17.4. The maximum atomic E-state index is 5.72. The van der Waals surface area contributed by atoms with E-state index >= 15 is 0 Å². The first kappa shape index (κ1) is 13.0. The highest BCUT2D eigenvalue weighted by molar-refractivity contribution is 5.67. The van der Waals surface area contributed by atoms with E-state index < -0.39 is 0 Å². The summed E-state index contributed by atoms with van der Waals surface area (Å²) in [4.78, 5) is 0. The highest BCUT2D eigenvalue weighted by Gasteiger charge is 2.12. The summed E-state index contributed by atoms with van der Waals surface area (Å²) in [6.07, 6.45) is 6.73. The van der Waals surface area contributed by atoms with Crippen LogP contribution in [0.25, 0.3) is 11.1 Å². The van der Waals surface area contributed by atoms with Gasteiger partial charge in [-0.05, 0) is 48.2 Å². The molecule has 1 fully saturated rings. The Morgan fingerprint density at radius 3 is 1.90 bits per heavy atom. The van der Waals surface area contributed by atoms with Gasteiger partial charge in [0.25, 0.3) is 0 Å². The molecule has 0 spiro atoms. The van der Waals surface area contributed by atoms with E-state index in [2.05, 4.69) is 41.7 Å². The standard InChI is InChI=1S/C18H22N2/c19-16-10-6-14(7-11-16)15-8-12-18(13-9-15)20-17-4-2-1-3-5-17/h6-13,17,20H,1-5,19H2. The summed E-state index contributed by atoms with van der Waals surface area (Å²) in [7, 11) is 0. The third kappa shape index (κ3) is 3.13. The minimum atomic E-state index is 0.658. The van der Waals surface area contributed by atoms with Gasteiger partial charge in [0, 0.05) is 17.4 Å². The minimum absolute atomic E-state index is 0.658. The van der Waals surface area contributed by atoms with Gasteiger partial charge in [-0.1, -0.05) is 43.5 Å². The summed E-state index contributed by atoms with van der Waals surface area (Å²) >= 11 is 0. The molecule has 0 heterocycles. The van der Waals surface area contributed by atoms with Gasteiger partial charge in [-0.15, -0.1) is 0 Å². The van der Waals surface area contributed by atoms with E-state index in [1.807, 2.05) is 12.1 Å². The van der Waals surface area contributed by atoms with Crippen LogP contribution in [0.3, 0.4) is 0 Å². The Hall–Kier alpha value is -1.96. The molecule has 1 saturated carbocycles. The number of benzene rings is 2. The van der Waals surface area contributed by atoms with E-state index in [1.54, 1.807) is 0 Å². The molecule has 0 radical (unpaired) electrons. The molecular formula is C18H22N2. The van der Waals surface area contributed by atoms with Crippen LogP contribution in [-0.2, 0) is 0 Å². The summed E-state index contributed by atoms with van der Waals surface area (Å²) in [5.74, 6) is 0. The molecule has 3 N–H and O–H groups in total. The third-order valence-corrected chi connectivity index (χ3v) is 4.10. The van der Waals surface area contributed by atoms with Crippen LogP contribution in [0.5, 0.6) is 0 Å². The van der Waals surface area contributed by atoms with Gasteiger partial charge in [0.15, 0.2) is 0 Å². The van der Waals surface area contributed by atoms with Crippen LogP contribution in [0.4, 0.5) is 11.4 Å². The third-order valence-electron chi connectivity index (χ3n) is 4.10. The number of rotatable bonds is 3. The average molecular weight is 266 g/mol. The highest BCUT2D eigenvalue weighted by atomic mass is 14.9. The number of hydrogen-bond acceptors (Lipinski definition) is 2. The maximum Gasteiger partial charge on any atom is 0.0342 e. The second-order valence-corrected chi connectivity index (χ2v) is 5.68. The van der Waals surface area contributed by atoms with E-state index in [1.165, 1.54) is 48.9 Å². The van der Waals surface area contributed by atoms with Crippen LogP contribution in [0, 0.1) is 0 Å². The molecule has 2 heteroatoms. The molecule has 1 aliphatic rings. The first-order chi connectivity index (χ1) is 9.81. The van der Waals surface area contributed by atoms with Crippen LogP contribution in [-0.4, -0.2) is 6.04 Å². The fourth-order valence-corrected chi connectivity index (χ4v) is 2.92. The zero-order valence-electron chi connectivity index (χ0n) is 11.8. The lowest BCUT2D eigenvalue weighted by molar-refractivity contribution is 0.463. The first-order valence-corrected chi connectivity index (χ1v) is 7.54. The zero-order chi connectivity index (χ0) is 13.8. The van der Waals surface area contributed by atoms with E-state index in [0.29, 0.717) is 6.04 Å². The molecule has 0 saturated heterocycles. The van der Waals surface area contributed by atoms with Crippen molar-refractivity contribution in [2.24, 2.45) is 0 Å². The molecule has 2 aromatic rings. The largest absolute Gasteiger partial charge is 0.399 e. The number of nitrogens with one attached hydrogen (secondary N) is 1. The van der Waals surface area contributed by atoms with Crippen LogP contribution >= 0.6 is 0 Å². The lowest BCUT2D eigenvalue weighted by atomic mass is 9.95. The van der Waals surface area contributed by atoms with Crippen molar-refractivity contribution in [3.8, 4) is 11.1 Å². The van der Waals surface area contributed by atoms with Crippen LogP contribution in [0.2, 0.25) is 0 Å². The van der Waals surface area contributed by atoms with Gasteiger partial charge in [-0.2, -0.15) is 0 Å². The second kappa shape index (κ2) is 6.00. The van der Waals surface area contributed by atoms with Gasteiger partial charge in [0.2, 0.25) is 0 Å². The number of hydrogen-bond donors (Lipinski definition) is 2. The zero-order valence-corrected chi connectivity index (χ0v) is 11.8. The first-order valence-electron chi connectivity index (χ1n) is 7.54. The monoisotopic (exact) mass is 266 g/mol. The van der Waals surface area contributed by atoms with Crippen molar-refractivity contribution in [1.82, 2.24) is 0 Å². The molecule has 2 aromatic carbocycles. The highest BCUT2D eigenvalue weighted by Crippen LogP contribution is 2.25. The quantitative estimate of drug-likeness (QED) is 0.791. The number of nitrogen functional groups attached to an aromatic ring is 1. The van der Waals surface area contributed by atoms with Gasteiger partial charge in [0.05, 0.1) is 0 Å². The van der Waals surface area contributed by atoms with Crippen molar-refractivity contribution < 1.29 is 0 Å². The van der Waals surface area contributed by atoms with Gasteiger partial charge >= 0.3 is 0 Å². The Morgan fingerprint density at radius 2 is 1.30 bits per heavy atom. The summed E-state index contributed by atoms with van der Waals surface area (Å²) in [6.45, 7) is 0. The van der Waals surface area contributed by atoms with Crippen molar-refractivity contribution in [1.29, 1.82) is 0 Å². The Morgan fingerprint density at radius 1 is 0.750 bits per heavy atom. The molecule has 3 rings (SSSR count). The van der Waals surface area contributed by atoms with Crippen molar-refractivity contribution in [3.63, 3.8) is 0 Å².